The Morgan fingerprint density at radius 3 is 2.94 bits per heavy atom. The highest BCUT2D eigenvalue weighted by molar-refractivity contribution is 9.10. The fourth-order valence-electron chi connectivity index (χ4n) is 1.53. The molecule has 0 saturated heterocycles. The first-order valence-corrected chi connectivity index (χ1v) is 6.15. The summed E-state index contributed by atoms with van der Waals surface area (Å²) in [5.41, 5.74) is 0.151. The Morgan fingerprint density at radius 1 is 1.50 bits per heavy atom. The predicted octanol–water partition coefficient (Wildman–Crippen LogP) is 2.77. The molecule has 0 aromatic heterocycles. The van der Waals surface area contributed by atoms with E-state index < -0.39 is 5.82 Å². The Hall–Kier alpha value is -0.740. The SMILES string of the molecule is O=C(CNCC1CC1)c1cccc(Br)c1F. The van der Waals surface area contributed by atoms with E-state index in [1.165, 1.54) is 18.9 Å². The second-order valence-electron chi connectivity index (χ2n) is 4.10. The quantitative estimate of drug-likeness (QED) is 0.843. The molecule has 1 saturated carbocycles. The van der Waals surface area contributed by atoms with Crippen LogP contribution >= 0.6 is 15.9 Å². The molecular formula is C12H13BrFNO. The number of Topliss-reactive ketones (excluding diaryl/α,β-unsaturated/α-hetero) is 1. The van der Waals surface area contributed by atoms with E-state index in [4.69, 9.17) is 0 Å². The van der Waals surface area contributed by atoms with Crippen LogP contribution in [0.4, 0.5) is 4.39 Å². The fraction of sp³-hybridized carbons (Fsp3) is 0.417. The van der Waals surface area contributed by atoms with Crippen molar-refractivity contribution >= 4 is 21.7 Å². The molecule has 2 nitrogen and oxygen atoms in total. The Balaban J connectivity index is 1.93. The summed E-state index contributed by atoms with van der Waals surface area (Å²) in [5, 5.41) is 3.06. The molecule has 0 amide bonds. The molecule has 0 aliphatic heterocycles. The number of ketones is 1. The van der Waals surface area contributed by atoms with Crippen molar-refractivity contribution in [2.24, 2.45) is 5.92 Å². The molecule has 1 aromatic rings. The zero-order valence-corrected chi connectivity index (χ0v) is 10.4. The van der Waals surface area contributed by atoms with Crippen LogP contribution in [0.3, 0.4) is 0 Å². The van der Waals surface area contributed by atoms with Crippen LogP contribution in [0.2, 0.25) is 0 Å². The molecule has 16 heavy (non-hydrogen) atoms. The predicted molar refractivity (Wildman–Crippen MR) is 64.0 cm³/mol. The van der Waals surface area contributed by atoms with Gasteiger partial charge in [-0.1, -0.05) is 6.07 Å². The van der Waals surface area contributed by atoms with E-state index in [1.54, 1.807) is 12.1 Å². The summed E-state index contributed by atoms with van der Waals surface area (Å²) in [6, 6.07) is 4.77. The third-order valence-electron chi connectivity index (χ3n) is 2.67. The molecule has 4 heteroatoms. The van der Waals surface area contributed by atoms with Gasteiger partial charge in [0.05, 0.1) is 16.6 Å². The third-order valence-corrected chi connectivity index (χ3v) is 3.28. The molecule has 86 valence electrons. The monoisotopic (exact) mass is 285 g/mol. The largest absolute Gasteiger partial charge is 0.309 e. The highest BCUT2D eigenvalue weighted by Gasteiger charge is 2.21. The topological polar surface area (TPSA) is 29.1 Å². The molecular weight excluding hydrogens is 273 g/mol. The van der Waals surface area contributed by atoms with E-state index in [9.17, 15) is 9.18 Å². The molecule has 1 aliphatic rings. The average molecular weight is 286 g/mol. The maximum atomic E-state index is 13.6. The van der Waals surface area contributed by atoms with Crippen LogP contribution in [0.5, 0.6) is 0 Å². The maximum absolute atomic E-state index is 13.6. The van der Waals surface area contributed by atoms with Crippen LogP contribution in [-0.4, -0.2) is 18.9 Å². The van der Waals surface area contributed by atoms with Gasteiger partial charge in [-0.3, -0.25) is 4.79 Å². The zero-order chi connectivity index (χ0) is 11.5. The van der Waals surface area contributed by atoms with Gasteiger partial charge in [0.2, 0.25) is 0 Å². The standard InChI is InChI=1S/C12H13BrFNO/c13-10-3-1-2-9(12(10)14)11(16)7-15-6-8-4-5-8/h1-3,8,15H,4-7H2. The van der Waals surface area contributed by atoms with E-state index in [0.29, 0.717) is 4.47 Å². The van der Waals surface area contributed by atoms with Gasteiger partial charge in [0.25, 0.3) is 0 Å². The van der Waals surface area contributed by atoms with E-state index >= 15 is 0 Å². The van der Waals surface area contributed by atoms with Gasteiger partial charge in [-0.2, -0.15) is 0 Å². The van der Waals surface area contributed by atoms with Gasteiger partial charge in [-0.25, -0.2) is 4.39 Å². The van der Waals surface area contributed by atoms with Gasteiger partial charge in [-0.15, -0.1) is 0 Å². The second-order valence-corrected chi connectivity index (χ2v) is 4.95. The summed E-state index contributed by atoms with van der Waals surface area (Å²) >= 11 is 3.07. The van der Waals surface area contributed by atoms with Crippen molar-refractivity contribution in [2.45, 2.75) is 12.8 Å². The number of hydrogen-bond donors (Lipinski definition) is 1. The molecule has 1 aliphatic carbocycles. The summed E-state index contributed by atoms with van der Waals surface area (Å²) < 4.78 is 13.9. The Morgan fingerprint density at radius 2 is 2.25 bits per heavy atom. The molecule has 0 atom stereocenters. The number of nitrogens with one attached hydrogen (secondary N) is 1. The van der Waals surface area contributed by atoms with Crippen LogP contribution in [0.25, 0.3) is 0 Å². The summed E-state index contributed by atoms with van der Waals surface area (Å²) in [6.07, 6.45) is 2.48. The number of carbonyl (C=O) groups excluding carboxylic acids is 1. The van der Waals surface area contributed by atoms with Crippen LogP contribution in [-0.2, 0) is 0 Å². The highest BCUT2D eigenvalue weighted by atomic mass is 79.9. The van der Waals surface area contributed by atoms with Crippen LogP contribution in [0.1, 0.15) is 23.2 Å². The summed E-state index contributed by atoms with van der Waals surface area (Å²) in [7, 11) is 0. The minimum absolute atomic E-state index is 0.151. The van der Waals surface area contributed by atoms with Gasteiger partial charge in [-0.05, 0) is 53.4 Å². The van der Waals surface area contributed by atoms with Gasteiger partial charge in [0.15, 0.2) is 5.78 Å². The molecule has 0 radical (unpaired) electrons. The maximum Gasteiger partial charge on any atom is 0.179 e. The van der Waals surface area contributed by atoms with Gasteiger partial charge < -0.3 is 5.32 Å². The average Bonchev–Trinajstić information content (AvgIpc) is 3.06. The molecule has 2 rings (SSSR count). The number of carbonyl (C=O) groups is 1. The van der Waals surface area contributed by atoms with E-state index in [-0.39, 0.29) is 17.9 Å². The third kappa shape index (κ3) is 2.89. The number of halogens is 2. The van der Waals surface area contributed by atoms with E-state index in [2.05, 4.69) is 21.2 Å². The number of benzene rings is 1. The molecule has 0 unspecified atom stereocenters. The molecule has 0 bridgehead atoms. The van der Waals surface area contributed by atoms with E-state index in [1.807, 2.05) is 0 Å². The van der Waals surface area contributed by atoms with E-state index in [0.717, 1.165) is 12.5 Å². The van der Waals surface area contributed by atoms with Crippen molar-refractivity contribution in [3.8, 4) is 0 Å². The number of hydrogen-bond acceptors (Lipinski definition) is 2. The number of rotatable bonds is 5. The van der Waals surface area contributed by atoms with Crippen molar-refractivity contribution in [1.29, 1.82) is 0 Å². The first kappa shape index (κ1) is 11.7. The Bertz CT molecular complexity index is 404. The highest BCUT2D eigenvalue weighted by Crippen LogP contribution is 2.27. The minimum atomic E-state index is -0.472. The minimum Gasteiger partial charge on any atom is -0.309 e. The van der Waals surface area contributed by atoms with Crippen molar-refractivity contribution in [3.63, 3.8) is 0 Å². The lowest BCUT2D eigenvalue weighted by Crippen LogP contribution is -2.25. The fourth-order valence-corrected chi connectivity index (χ4v) is 1.89. The molecule has 0 spiro atoms. The lowest BCUT2D eigenvalue weighted by Gasteiger charge is -2.05. The van der Waals surface area contributed by atoms with Crippen LogP contribution in [0.15, 0.2) is 22.7 Å². The lowest BCUT2D eigenvalue weighted by molar-refractivity contribution is 0.0987. The van der Waals surface area contributed by atoms with Gasteiger partial charge in [0.1, 0.15) is 5.82 Å². The van der Waals surface area contributed by atoms with Gasteiger partial charge >= 0.3 is 0 Å². The first-order chi connectivity index (χ1) is 7.68. The molecule has 1 fully saturated rings. The zero-order valence-electron chi connectivity index (χ0n) is 8.80. The first-order valence-electron chi connectivity index (χ1n) is 5.36. The Labute approximate surface area is 102 Å². The van der Waals surface area contributed by atoms with Crippen molar-refractivity contribution in [2.75, 3.05) is 13.1 Å². The summed E-state index contributed by atoms with van der Waals surface area (Å²) in [5.74, 6) is 0.0559. The molecule has 0 heterocycles. The Kier molecular flexibility index (Phi) is 3.71. The van der Waals surface area contributed by atoms with Crippen LogP contribution in [0, 0.1) is 11.7 Å². The molecule has 1 N–H and O–H groups in total. The summed E-state index contributed by atoms with van der Waals surface area (Å²) in [6.45, 7) is 1.07. The van der Waals surface area contributed by atoms with Crippen LogP contribution < -0.4 is 5.32 Å². The normalized spacial score (nSPS) is 15.1. The molecule has 1 aromatic carbocycles. The van der Waals surface area contributed by atoms with Gasteiger partial charge in [0, 0.05) is 0 Å². The second kappa shape index (κ2) is 5.06. The van der Waals surface area contributed by atoms with Crippen molar-refractivity contribution < 1.29 is 9.18 Å². The van der Waals surface area contributed by atoms with Crippen molar-refractivity contribution in [1.82, 2.24) is 5.32 Å². The smallest absolute Gasteiger partial charge is 0.179 e. The lowest BCUT2D eigenvalue weighted by atomic mass is 10.1. The summed E-state index contributed by atoms with van der Waals surface area (Å²) in [4.78, 5) is 11.7. The van der Waals surface area contributed by atoms with Crippen molar-refractivity contribution in [3.05, 3.63) is 34.1 Å².